The van der Waals surface area contributed by atoms with Crippen LogP contribution in [0.15, 0.2) is 4.99 Å². The van der Waals surface area contributed by atoms with E-state index in [0.717, 1.165) is 18.8 Å². The van der Waals surface area contributed by atoms with Crippen LogP contribution in [0.1, 0.15) is 26.2 Å². The minimum atomic E-state index is 0.260. The highest BCUT2D eigenvalue weighted by Crippen LogP contribution is 2.49. The highest BCUT2D eigenvalue weighted by atomic mass is 32.1. The summed E-state index contributed by atoms with van der Waals surface area (Å²) in [6.07, 6.45) is 3.39. The summed E-state index contributed by atoms with van der Waals surface area (Å²) in [7, 11) is 0. The third-order valence-corrected chi connectivity index (χ3v) is 3.62. The van der Waals surface area contributed by atoms with Gasteiger partial charge in [-0.3, -0.25) is 4.79 Å². The number of fused-ring (bicyclic) bond motifs is 2. The van der Waals surface area contributed by atoms with Crippen LogP contribution in [0.4, 0.5) is 0 Å². The van der Waals surface area contributed by atoms with Crippen molar-refractivity contribution in [1.29, 1.82) is 0 Å². The number of aliphatic imine (C=N–C) groups is 1. The molecule has 0 amide bonds. The average molecular weight is 195 g/mol. The maximum atomic E-state index is 11.3. The number of carbonyl (C=O) groups is 1. The molecular formula is C10H13NOS. The topological polar surface area (TPSA) is 29.4 Å². The number of hydrogen-bond acceptors (Lipinski definition) is 3. The number of hydrogen-bond donors (Lipinski definition) is 0. The van der Waals surface area contributed by atoms with Gasteiger partial charge in [-0.25, -0.2) is 4.99 Å². The maximum absolute atomic E-state index is 11.3. The second kappa shape index (κ2) is 3.32. The summed E-state index contributed by atoms with van der Waals surface area (Å²) in [5.74, 6) is 1.78. The van der Waals surface area contributed by atoms with Crippen LogP contribution in [0.5, 0.6) is 0 Å². The Morgan fingerprint density at radius 3 is 2.77 bits per heavy atom. The van der Waals surface area contributed by atoms with Crippen molar-refractivity contribution in [1.82, 2.24) is 0 Å². The molecule has 2 fully saturated rings. The lowest BCUT2D eigenvalue weighted by Crippen LogP contribution is -2.27. The number of Topliss-reactive ketones (excluding diaryl/α,β-unsaturated/α-hetero) is 1. The molecule has 0 saturated heterocycles. The molecule has 2 bridgehead atoms. The van der Waals surface area contributed by atoms with Gasteiger partial charge in [-0.15, -0.1) is 0 Å². The number of ketones is 1. The van der Waals surface area contributed by atoms with Crippen molar-refractivity contribution in [2.24, 2.45) is 22.7 Å². The Balaban J connectivity index is 2.14. The van der Waals surface area contributed by atoms with E-state index in [1.165, 1.54) is 6.42 Å². The molecule has 0 radical (unpaired) electrons. The first-order chi connectivity index (χ1) is 6.22. The van der Waals surface area contributed by atoms with Crippen LogP contribution in [0, 0.1) is 17.8 Å². The first-order valence-electron chi connectivity index (χ1n) is 4.79. The lowest BCUT2D eigenvalue weighted by Gasteiger charge is -2.23. The smallest absolute Gasteiger partial charge is 0.133 e. The second-order valence-corrected chi connectivity index (χ2v) is 4.42. The molecule has 2 rings (SSSR count). The third-order valence-electron chi connectivity index (χ3n) is 3.52. The Hall–Kier alpha value is -0.530. The fourth-order valence-electron chi connectivity index (χ4n) is 3.00. The van der Waals surface area contributed by atoms with Crippen LogP contribution < -0.4 is 0 Å². The van der Waals surface area contributed by atoms with Gasteiger partial charge in [0.25, 0.3) is 0 Å². The average Bonchev–Trinajstić information content (AvgIpc) is 2.62. The minimum Gasteiger partial charge on any atom is -0.300 e. The molecule has 70 valence electrons. The number of carbonyl (C=O) groups excluding carboxylic acids is 1. The first-order valence-corrected chi connectivity index (χ1v) is 5.20. The summed E-state index contributed by atoms with van der Waals surface area (Å²) in [4.78, 5) is 15.4. The van der Waals surface area contributed by atoms with Crippen LogP contribution in [0.2, 0.25) is 0 Å². The monoisotopic (exact) mass is 195 g/mol. The van der Waals surface area contributed by atoms with Gasteiger partial charge in [-0.05, 0) is 50.2 Å². The van der Waals surface area contributed by atoms with E-state index >= 15 is 0 Å². The zero-order valence-electron chi connectivity index (χ0n) is 7.69. The summed E-state index contributed by atoms with van der Waals surface area (Å²) in [6, 6.07) is 0.296. The molecule has 2 unspecified atom stereocenters. The summed E-state index contributed by atoms with van der Waals surface area (Å²) in [5, 5.41) is 2.45. The lowest BCUT2D eigenvalue weighted by molar-refractivity contribution is -0.122. The third kappa shape index (κ3) is 1.47. The molecule has 0 aliphatic heterocycles. The molecule has 3 heteroatoms. The number of rotatable bonds is 2. The summed E-state index contributed by atoms with van der Waals surface area (Å²) in [5.41, 5.74) is 0. The van der Waals surface area contributed by atoms with Crippen molar-refractivity contribution in [2.75, 3.05) is 0 Å². The van der Waals surface area contributed by atoms with Gasteiger partial charge in [0.1, 0.15) is 5.78 Å². The molecule has 0 N–H and O–H groups in total. The molecule has 2 aliphatic carbocycles. The SMILES string of the molecule is CC(=O)[C@@H]1CC2CC1[C@H](N=C=S)C2. The van der Waals surface area contributed by atoms with Crippen molar-refractivity contribution in [3.8, 4) is 0 Å². The molecular weight excluding hydrogens is 182 g/mol. The van der Waals surface area contributed by atoms with Crippen LogP contribution in [-0.2, 0) is 4.79 Å². The van der Waals surface area contributed by atoms with Gasteiger partial charge in [-0.2, -0.15) is 0 Å². The summed E-state index contributed by atoms with van der Waals surface area (Å²) < 4.78 is 0. The molecule has 2 aliphatic rings. The van der Waals surface area contributed by atoms with E-state index < -0.39 is 0 Å². The lowest BCUT2D eigenvalue weighted by atomic mass is 9.83. The Labute approximate surface area is 83.4 Å². The van der Waals surface area contributed by atoms with Gasteiger partial charge in [0.05, 0.1) is 11.2 Å². The maximum Gasteiger partial charge on any atom is 0.133 e. The van der Waals surface area contributed by atoms with Gasteiger partial charge in [0, 0.05) is 5.92 Å². The van der Waals surface area contributed by atoms with E-state index in [4.69, 9.17) is 0 Å². The zero-order chi connectivity index (χ0) is 9.42. The second-order valence-electron chi connectivity index (χ2n) is 4.24. The number of thiocarbonyl (C=S) groups is 1. The number of isothiocyanates is 1. The van der Waals surface area contributed by atoms with Crippen molar-refractivity contribution in [3.05, 3.63) is 0 Å². The van der Waals surface area contributed by atoms with Crippen molar-refractivity contribution >= 4 is 23.2 Å². The van der Waals surface area contributed by atoms with Crippen LogP contribution >= 0.6 is 12.2 Å². The van der Waals surface area contributed by atoms with Crippen molar-refractivity contribution < 1.29 is 4.79 Å². The zero-order valence-corrected chi connectivity index (χ0v) is 8.51. The molecule has 0 aromatic carbocycles. The normalized spacial score (nSPS) is 41.6. The van der Waals surface area contributed by atoms with E-state index in [1.54, 1.807) is 6.92 Å². The molecule has 2 nitrogen and oxygen atoms in total. The van der Waals surface area contributed by atoms with Gasteiger partial charge < -0.3 is 0 Å². The summed E-state index contributed by atoms with van der Waals surface area (Å²) in [6.45, 7) is 1.70. The fourth-order valence-corrected chi connectivity index (χ4v) is 3.13. The van der Waals surface area contributed by atoms with E-state index in [1.807, 2.05) is 0 Å². The van der Waals surface area contributed by atoms with Crippen LogP contribution in [0.3, 0.4) is 0 Å². The molecule has 2 saturated carbocycles. The van der Waals surface area contributed by atoms with Crippen molar-refractivity contribution in [2.45, 2.75) is 32.2 Å². The summed E-state index contributed by atoms with van der Waals surface area (Å²) >= 11 is 4.61. The standard InChI is InChI=1S/C10H13NOS/c1-6(12)8-2-7-3-9(8)10(4-7)11-5-13/h7-10H,2-4H2,1H3/t7?,8-,9?,10+/m0/s1. The van der Waals surface area contributed by atoms with Crippen LogP contribution in [0.25, 0.3) is 0 Å². The highest BCUT2D eigenvalue weighted by Gasteiger charge is 2.47. The van der Waals surface area contributed by atoms with Gasteiger partial charge in [0.15, 0.2) is 0 Å². The van der Waals surface area contributed by atoms with Gasteiger partial charge >= 0.3 is 0 Å². The Morgan fingerprint density at radius 2 is 2.23 bits per heavy atom. The Bertz CT molecular complexity index is 271. The number of nitrogens with zero attached hydrogens (tertiary/aromatic N) is 1. The van der Waals surface area contributed by atoms with Crippen LogP contribution in [-0.4, -0.2) is 17.0 Å². The molecule has 0 aromatic rings. The minimum absolute atomic E-state index is 0.260. The Kier molecular flexibility index (Phi) is 2.31. The van der Waals surface area contributed by atoms with E-state index in [9.17, 15) is 4.79 Å². The highest BCUT2D eigenvalue weighted by molar-refractivity contribution is 7.78. The molecule has 13 heavy (non-hydrogen) atoms. The molecule has 0 heterocycles. The first kappa shape index (κ1) is 9.04. The molecule has 4 atom stereocenters. The quantitative estimate of drug-likeness (QED) is 0.499. The van der Waals surface area contributed by atoms with Gasteiger partial charge in [-0.1, -0.05) is 0 Å². The van der Waals surface area contributed by atoms with E-state index in [-0.39, 0.29) is 5.92 Å². The molecule has 0 spiro atoms. The predicted molar refractivity (Wildman–Crippen MR) is 53.8 cm³/mol. The fraction of sp³-hybridized carbons (Fsp3) is 0.800. The van der Waals surface area contributed by atoms with E-state index in [0.29, 0.717) is 17.7 Å². The molecule has 0 aromatic heterocycles. The predicted octanol–water partition coefficient (Wildman–Crippen LogP) is 2.09. The van der Waals surface area contributed by atoms with Crippen molar-refractivity contribution in [3.63, 3.8) is 0 Å². The largest absolute Gasteiger partial charge is 0.300 e. The van der Waals surface area contributed by atoms with E-state index in [2.05, 4.69) is 22.4 Å². The van der Waals surface area contributed by atoms with Gasteiger partial charge in [0.2, 0.25) is 0 Å². The Morgan fingerprint density at radius 1 is 1.46 bits per heavy atom.